The van der Waals surface area contributed by atoms with Crippen molar-refractivity contribution in [2.75, 3.05) is 13.7 Å². The summed E-state index contributed by atoms with van der Waals surface area (Å²) in [5, 5.41) is 16.3. The Labute approximate surface area is 123 Å². The minimum absolute atomic E-state index is 0.0585. The Balaban J connectivity index is 2.00. The minimum Gasteiger partial charge on any atom is -0.496 e. The lowest BCUT2D eigenvalue weighted by molar-refractivity contribution is 0.269. The predicted octanol–water partition coefficient (Wildman–Crippen LogP) is 1.87. The van der Waals surface area contributed by atoms with Crippen molar-refractivity contribution < 1.29 is 14.2 Å². The van der Waals surface area contributed by atoms with E-state index >= 15 is 0 Å². The van der Waals surface area contributed by atoms with Gasteiger partial charge in [0.05, 0.1) is 26.5 Å². The zero-order valence-electron chi connectivity index (χ0n) is 12.2. The molecule has 1 unspecified atom stereocenters. The lowest BCUT2D eigenvalue weighted by Crippen LogP contribution is -2.18. The number of nitrogens with zero attached hydrogens (tertiary/aromatic N) is 2. The van der Waals surface area contributed by atoms with Crippen molar-refractivity contribution >= 4 is 0 Å². The Kier molecular flexibility index (Phi) is 5.30. The van der Waals surface area contributed by atoms with Crippen LogP contribution in [0.3, 0.4) is 0 Å². The van der Waals surface area contributed by atoms with E-state index in [1.807, 2.05) is 13.1 Å². The van der Waals surface area contributed by atoms with Gasteiger partial charge in [0.15, 0.2) is 0 Å². The van der Waals surface area contributed by atoms with Gasteiger partial charge in [-0.15, -0.1) is 0 Å². The first-order chi connectivity index (χ1) is 10.1. The minimum atomic E-state index is -0.282. The molecule has 0 aliphatic heterocycles. The molecule has 6 heteroatoms. The molecule has 2 N–H and O–H groups in total. The molecule has 0 radical (unpaired) electrons. The fourth-order valence-electron chi connectivity index (χ4n) is 2.15. The maximum absolute atomic E-state index is 13.4. The average Bonchev–Trinajstić information content (AvgIpc) is 2.93. The maximum atomic E-state index is 13.4. The lowest BCUT2D eigenvalue weighted by Gasteiger charge is -2.17. The Bertz CT molecular complexity index is 586. The molecule has 21 heavy (non-hydrogen) atoms. The van der Waals surface area contributed by atoms with E-state index in [0.29, 0.717) is 18.8 Å². The number of aromatic nitrogens is 2. The highest BCUT2D eigenvalue weighted by Crippen LogP contribution is 2.25. The van der Waals surface area contributed by atoms with Crippen LogP contribution in [-0.2, 0) is 13.1 Å². The van der Waals surface area contributed by atoms with E-state index in [4.69, 9.17) is 9.84 Å². The van der Waals surface area contributed by atoms with Crippen LogP contribution in [0.15, 0.2) is 30.6 Å². The highest BCUT2D eigenvalue weighted by atomic mass is 19.1. The molecule has 0 saturated carbocycles. The first-order valence-electron chi connectivity index (χ1n) is 6.83. The number of hydrogen-bond acceptors (Lipinski definition) is 4. The topological polar surface area (TPSA) is 59.3 Å². The number of halogens is 1. The summed E-state index contributed by atoms with van der Waals surface area (Å²) in [4.78, 5) is 0. The highest BCUT2D eigenvalue weighted by Gasteiger charge is 2.12. The summed E-state index contributed by atoms with van der Waals surface area (Å²) in [6, 6.07) is 4.43. The third-order valence-corrected chi connectivity index (χ3v) is 3.29. The molecule has 1 atom stereocenters. The summed E-state index contributed by atoms with van der Waals surface area (Å²) < 4.78 is 20.3. The number of benzene rings is 1. The second kappa shape index (κ2) is 7.19. The Morgan fingerprint density at radius 1 is 1.48 bits per heavy atom. The molecule has 0 saturated heterocycles. The summed E-state index contributed by atoms with van der Waals surface area (Å²) in [6.07, 6.45) is 3.62. The quantitative estimate of drug-likeness (QED) is 0.818. The first-order valence-corrected chi connectivity index (χ1v) is 6.83. The van der Waals surface area contributed by atoms with Crippen LogP contribution in [0.2, 0.25) is 0 Å². The average molecular weight is 293 g/mol. The van der Waals surface area contributed by atoms with Crippen LogP contribution in [-0.4, -0.2) is 28.6 Å². The van der Waals surface area contributed by atoms with Gasteiger partial charge in [-0.25, -0.2) is 4.39 Å². The van der Waals surface area contributed by atoms with Crippen LogP contribution >= 0.6 is 0 Å². The standard InChI is InChI=1S/C15H20FN3O2/c1-11(14-7-13(16)3-4-15(14)21-2)17-8-12-9-18-19(10-12)5-6-20/h3-4,7,9-11,17,20H,5-6,8H2,1-2H3. The highest BCUT2D eigenvalue weighted by molar-refractivity contribution is 5.36. The summed E-state index contributed by atoms with van der Waals surface area (Å²) in [6.45, 7) is 3.10. The number of aliphatic hydroxyl groups excluding tert-OH is 1. The van der Waals surface area contributed by atoms with Crippen molar-refractivity contribution in [3.63, 3.8) is 0 Å². The Morgan fingerprint density at radius 2 is 2.29 bits per heavy atom. The van der Waals surface area contributed by atoms with Gasteiger partial charge in [0, 0.05) is 29.9 Å². The molecular weight excluding hydrogens is 273 g/mol. The smallest absolute Gasteiger partial charge is 0.123 e. The number of ether oxygens (including phenoxy) is 1. The molecule has 0 aliphatic rings. The van der Waals surface area contributed by atoms with Crippen molar-refractivity contribution in [3.8, 4) is 5.75 Å². The van der Waals surface area contributed by atoms with Gasteiger partial charge in [-0.1, -0.05) is 0 Å². The van der Waals surface area contributed by atoms with Crippen LogP contribution in [0.25, 0.3) is 0 Å². The lowest BCUT2D eigenvalue weighted by atomic mass is 10.1. The van der Waals surface area contributed by atoms with Crippen molar-refractivity contribution in [1.29, 1.82) is 0 Å². The number of nitrogens with one attached hydrogen (secondary N) is 1. The van der Waals surface area contributed by atoms with E-state index in [9.17, 15) is 4.39 Å². The third-order valence-electron chi connectivity index (χ3n) is 3.29. The van der Waals surface area contributed by atoms with E-state index < -0.39 is 0 Å². The molecule has 0 amide bonds. The van der Waals surface area contributed by atoms with Gasteiger partial charge < -0.3 is 15.2 Å². The van der Waals surface area contributed by atoms with Gasteiger partial charge in [-0.2, -0.15) is 5.10 Å². The van der Waals surface area contributed by atoms with Gasteiger partial charge >= 0.3 is 0 Å². The van der Waals surface area contributed by atoms with Crippen molar-refractivity contribution in [2.45, 2.75) is 26.1 Å². The van der Waals surface area contributed by atoms with Crippen molar-refractivity contribution in [2.24, 2.45) is 0 Å². The Hall–Kier alpha value is -1.92. The maximum Gasteiger partial charge on any atom is 0.123 e. The van der Waals surface area contributed by atoms with E-state index in [2.05, 4.69) is 10.4 Å². The number of methoxy groups -OCH3 is 1. The SMILES string of the molecule is COc1ccc(F)cc1C(C)NCc1cnn(CCO)c1. The molecule has 0 spiro atoms. The summed E-state index contributed by atoms with van der Waals surface area (Å²) in [5.74, 6) is 0.377. The molecule has 5 nitrogen and oxygen atoms in total. The van der Waals surface area contributed by atoms with E-state index in [-0.39, 0.29) is 18.5 Å². The predicted molar refractivity (Wildman–Crippen MR) is 77.5 cm³/mol. The van der Waals surface area contributed by atoms with Crippen LogP contribution in [0, 0.1) is 5.82 Å². The molecule has 1 heterocycles. The largest absolute Gasteiger partial charge is 0.496 e. The fourth-order valence-corrected chi connectivity index (χ4v) is 2.15. The molecule has 1 aromatic heterocycles. The van der Waals surface area contributed by atoms with Gasteiger partial charge in [-0.05, 0) is 25.1 Å². The van der Waals surface area contributed by atoms with Crippen molar-refractivity contribution in [3.05, 3.63) is 47.5 Å². The third kappa shape index (κ3) is 4.03. The zero-order valence-corrected chi connectivity index (χ0v) is 12.2. The monoisotopic (exact) mass is 293 g/mol. The normalized spacial score (nSPS) is 12.4. The van der Waals surface area contributed by atoms with Crippen molar-refractivity contribution in [1.82, 2.24) is 15.1 Å². The van der Waals surface area contributed by atoms with Gasteiger partial charge in [0.25, 0.3) is 0 Å². The van der Waals surface area contributed by atoms with Crippen LogP contribution in [0.4, 0.5) is 4.39 Å². The van der Waals surface area contributed by atoms with Gasteiger partial charge in [0.2, 0.25) is 0 Å². The molecule has 0 aliphatic carbocycles. The summed E-state index contributed by atoms with van der Waals surface area (Å²) in [7, 11) is 1.57. The van der Waals surface area contributed by atoms with Crippen LogP contribution < -0.4 is 10.1 Å². The summed E-state index contributed by atoms with van der Waals surface area (Å²) in [5.41, 5.74) is 1.78. The van der Waals surface area contributed by atoms with E-state index in [1.165, 1.54) is 12.1 Å². The van der Waals surface area contributed by atoms with Crippen LogP contribution in [0.5, 0.6) is 5.75 Å². The van der Waals surface area contributed by atoms with E-state index in [0.717, 1.165) is 11.1 Å². The van der Waals surface area contributed by atoms with Gasteiger partial charge in [-0.3, -0.25) is 4.68 Å². The molecule has 1 aromatic carbocycles. The summed E-state index contributed by atoms with van der Waals surface area (Å²) >= 11 is 0. The van der Waals surface area contributed by atoms with Gasteiger partial charge in [0.1, 0.15) is 11.6 Å². The Morgan fingerprint density at radius 3 is 3.00 bits per heavy atom. The molecule has 0 bridgehead atoms. The zero-order chi connectivity index (χ0) is 15.2. The molecule has 0 fully saturated rings. The fraction of sp³-hybridized carbons (Fsp3) is 0.400. The van der Waals surface area contributed by atoms with E-state index in [1.54, 1.807) is 24.1 Å². The second-order valence-corrected chi connectivity index (χ2v) is 4.82. The first kappa shape index (κ1) is 15.5. The molecule has 114 valence electrons. The number of aliphatic hydroxyl groups is 1. The molecule has 2 rings (SSSR count). The van der Waals surface area contributed by atoms with Crippen LogP contribution in [0.1, 0.15) is 24.1 Å². The number of hydrogen-bond donors (Lipinski definition) is 2. The molecular formula is C15H20FN3O2. The number of rotatable bonds is 7. The second-order valence-electron chi connectivity index (χ2n) is 4.82. The molecule has 2 aromatic rings.